The number of benzene rings is 1. The number of rotatable bonds is 3. The highest BCUT2D eigenvalue weighted by Gasteiger charge is 2.12. The maximum absolute atomic E-state index is 12.0. The van der Waals surface area contributed by atoms with Crippen molar-refractivity contribution in [3.63, 3.8) is 0 Å². The third-order valence-corrected chi connectivity index (χ3v) is 3.68. The number of nitrogens with zero attached hydrogens (tertiary/aromatic N) is 2. The van der Waals surface area contributed by atoms with E-state index < -0.39 is 0 Å². The average molecular weight is 313 g/mol. The minimum absolute atomic E-state index is 0.0253. The topological polar surface area (TPSA) is 95.3 Å². The molecule has 0 aliphatic rings. The second kappa shape index (κ2) is 5.82. The molecule has 3 rings (SSSR count). The molecule has 0 unspecified atom stereocenters. The van der Waals surface area contributed by atoms with Crippen molar-refractivity contribution < 1.29 is 15.0 Å². The zero-order valence-electron chi connectivity index (χ0n) is 11.2. The lowest BCUT2D eigenvalue weighted by Crippen LogP contribution is -2.11. The van der Waals surface area contributed by atoms with Gasteiger partial charge in [-0.1, -0.05) is 0 Å². The van der Waals surface area contributed by atoms with Crippen molar-refractivity contribution in [2.24, 2.45) is 0 Å². The molecule has 0 spiro atoms. The van der Waals surface area contributed by atoms with Crippen LogP contribution in [0.2, 0.25) is 0 Å². The molecular weight excluding hydrogens is 302 g/mol. The van der Waals surface area contributed by atoms with Crippen LogP contribution < -0.4 is 5.32 Å². The number of thiazole rings is 1. The molecule has 1 amide bonds. The van der Waals surface area contributed by atoms with E-state index in [1.807, 2.05) is 0 Å². The van der Waals surface area contributed by atoms with Gasteiger partial charge in [0.2, 0.25) is 0 Å². The van der Waals surface area contributed by atoms with Crippen LogP contribution in [0.3, 0.4) is 0 Å². The van der Waals surface area contributed by atoms with Gasteiger partial charge in [0.25, 0.3) is 5.91 Å². The third-order valence-electron chi connectivity index (χ3n) is 2.92. The standard InChI is InChI=1S/C15H11N3O3S/c19-10-1-2-11(13(20)7-10)12-8-22-15(17-12)18-14(21)9-3-5-16-6-4-9/h1-8,19-20H,(H,17,18,21). The zero-order chi connectivity index (χ0) is 15.5. The fourth-order valence-electron chi connectivity index (χ4n) is 1.86. The van der Waals surface area contributed by atoms with Gasteiger partial charge in [0, 0.05) is 35.0 Å². The van der Waals surface area contributed by atoms with Crippen molar-refractivity contribution in [3.05, 3.63) is 53.7 Å². The van der Waals surface area contributed by atoms with E-state index in [-0.39, 0.29) is 17.4 Å². The minimum Gasteiger partial charge on any atom is -0.508 e. The number of carbonyl (C=O) groups excluding carboxylic acids is 1. The average Bonchev–Trinajstić information content (AvgIpc) is 2.96. The summed E-state index contributed by atoms with van der Waals surface area (Å²) in [7, 11) is 0. The van der Waals surface area contributed by atoms with Gasteiger partial charge in [-0.05, 0) is 24.3 Å². The Bertz CT molecular complexity index is 818. The predicted octanol–water partition coefficient (Wildman–Crippen LogP) is 2.87. The van der Waals surface area contributed by atoms with Crippen molar-refractivity contribution >= 4 is 22.4 Å². The maximum atomic E-state index is 12.0. The Labute approximate surface area is 129 Å². The van der Waals surface area contributed by atoms with Gasteiger partial charge >= 0.3 is 0 Å². The van der Waals surface area contributed by atoms with Crippen LogP contribution in [0.1, 0.15) is 10.4 Å². The first-order chi connectivity index (χ1) is 10.6. The molecule has 0 aliphatic carbocycles. The first-order valence-corrected chi connectivity index (χ1v) is 7.21. The van der Waals surface area contributed by atoms with Crippen molar-refractivity contribution in [1.29, 1.82) is 0 Å². The maximum Gasteiger partial charge on any atom is 0.257 e. The summed E-state index contributed by atoms with van der Waals surface area (Å²) in [6.07, 6.45) is 3.08. The Morgan fingerprint density at radius 1 is 1.14 bits per heavy atom. The Hall–Kier alpha value is -2.93. The highest BCUT2D eigenvalue weighted by molar-refractivity contribution is 7.14. The number of anilines is 1. The van der Waals surface area contributed by atoms with Gasteiger partial charge in [0.15, 0.2) is 5.13 Å². The number of aromatic nitrogens is 2. The quantitative estimate of drug-likeness (QED) is 0.691. The summed E-state index contributed by atoms with van der Waals surface area (Å²) < 4.78 is 0. The summed E-state index contributed by atoms with van der Waals surface area (Å²) in [5.74, 6) is -0.377. The second-order valence-corrected chi connectivity index (χ2v) is 5.29. The molecule has 110 valence electrons. The number of pyridine rings is 1. The fraction of sp³-hybridized carbons (Fsp3) is 0. The molecule has 0 aliphatic heterocycles. The van der Waals surface area contributed by atoms with Crippen molar-refractivity contribution in [2.75, 3.05) is 5.32 Å². The first-order valence-electron chi connectivity index (χ1n) is 6.33. The molecule has 0 atom stereocenters. The second-order valence-electron chi connectivity index (χ2n) is 4.43. The van der Waals surface area contributed by atoms with Crippen molar-refractivity contribution in [2.45, 2.75) is 0 Å². The van der Waals surface area contributed by atoms with Crippen LogP contribution in [-0.4, -0.2) is 26.1 Å². The van der Waals surface area contributed by atoms with E-state index in [4.69, 9.17) is 0 Å². The number of aromatic hydroxyl groups is 2. The van der Waals surface area contributed by atoms with Crippen LogP contribution in [0.5, 0.6) is 11.5 Å². The fourth-order valence-corrected chi connectivity index (χ4v) is 2.57. The van der Waals surface area contributed by atoms with E-state index in [9.17, 15) is 15.0 Å². The summed E-state index contributed by atoms with van der Waals surface area (Å²) in [5.41, 5.74) is 1.49. The minimum atomic E-state index is -0.279. The Balaban J connectivity index is 1.81. The van der Waals surface area contributed by atoms with E-state index in [1.165, 1.54) is 35.9 Å². The number of amides is 1. The smallest absolute Gasteiger partial charge is 0.257 e. The summed E-state index contributed by atoms with van der Waals surface area (Å²) in [6.45, 7) is 0. The van der Waals surface area contributed by atoms with Gasteiger partial charge in [-0.15, -0.1) is 11.3 Å². The number of nitrogens with one attached hydrogen (secondary N) is 1. The lowest BCUT2D eigenvalue weighted by atomic mass is 10.1. The molecule has 3 aromatic rings. The Kier molecular flexibility index (Phi) is 3.71. The molecule has 0 saturated carbocycles. The van der Waals surface area contributed by atoms with Crippen LogP contribution >= 0.6 is 11.3 Å². The van der Waals surface area contributed by atoms with Crippen molar-refractivity contribution in [3.8, 4) is 22.8 Å². The highest BCUT2D eigenvalue weighted by Crippen LogP contribution is 2.33. The monoisotopic (exact) mass is 313 g/mol. The number of hydrogen-bond donors (Lipinski definition) is 3. The summed E-state index contributed by atoms with van der Waals surface area (Å²) in [6, 6.07) is 7.48. The van der Waals surface area contributed by atoms with E-state index in [2.05, 4.69) is 15.3 Å². The number of hydrogen-bond acceptors (Lipinski definition) is 6. The van der Waals surface area contributed by atoms with E-state index in [0.717, 1.165) is 0 Å². The zero-order valence-corrected chi connectivity index (χ0v) is 12.0. The molecule has 7 heteroatoms. The van der Waals surface area contributed by atoms with Gasteiger partial charge in [0.1, 0.15) is 11.5 Å². The molecule has 2 heterocycles. The SMILES string of the molecule is O=C(Nc1nc(-c2ccc(O)cc2O)cs1)c1ccncc1. The Morgan fingerprint density at radius 3 is 2.64 bits per heavy atom. The number of phenolic OH excluding ortho intramolecular Hbond substituents is 2. The van der Waals surface area contributed by atoms with Crippen LogP contribution in [0, 0.1) is 0 Å². The molecule has 3 N–H and O–H groups in total. The highest BCUT2D eigenvalue weighted by atomic mass is 32.1. The molecule has 0 fully saturated rings. The molecule has 6 nitrogen and oxygen atoms in total. The molecule has 0 radical (unpaired) electrons. The van der Waals surface area contributed by atoms with Gasteiger partial charge in [-0.3, -0.25) is 15.1 Å². The molecular formula is C15H11N3O3S. The largest absolute Gasteiger partial charge is 0.508 e. The van der Waals surface area contributed by atoms with Gasteiger partial charge in [-0.2, -0.15) is 0 Å². The van der Waals surface area contributed by atoms with E-state index in [0.29, 0.717) is 22.0 Å². The summed E-state index contributed by atoms with van der Waals surface area (Å²) >= 11 is 1.25. The normalized spacial score (nSPS) is 10.4. The molecule has 22 heavy (non-hydrogen) atoms. The first kappa shape index (κ1) is 14.0. The third kappa shape index (κ3) is 2.89. The van der Waals surface area contributed by atoms with Crippen LogP contribution in [0.15, 0.2) is 48.1 Å². The van der Waals surface area contributed by atoms with Crippen LogP contribution in [0.4, 0.5) is 5.13 Å². The predicted molar refractivity (Wildman–Crippen MR) is 83.1 cm³/mol. The number of carbonyl (C=O) groups is 1. The molecule has 0 saturated heterocycles. The number of phenols is 2. The molecule has 2 aromatic heterocycles. The lowest BCUT2D eigenvalue weighted by Gasteiger charge is -2.02. The lowest BCUT2D eigenvalue weighted by molar-refractivity contribution is 0.102. The Morgan fingerprint density at radius 2 is 1.91 bits per heavy atom. The molecule has 1 aromatic carbocycles. The van der Waals surface area contributed by atoms with E-state index in [1.54, 1.807) is 23.6 Å². The molecule has 0 bridgehead atoms. The van der Waals surface area contributed by atoms with Crippen molar-refractivity contribution in [1.82, 2.24) is 9.97 Å². The van der Waals surface area contributed by atoms with Gasteiger partial charge < -0.3 is 10.2 Å². The van der Waals surface area contributed by atoms with E-state index >= 15 is 0 Å². The summed E-state index contributed by atoms with van der Waals surface area (Å²) in [5, 5.41) is 23.9. The van der Waals surface area contributed by atoms with Crippen LogP contribution in [0.25, 0.3) is 11.3 Å². The van der Waals surface area contributed by atoms with Gasteiger partial charge in [0.05, 0.1) is 5.69 Å². The van der Waals surface area contributed by atoms with Crippen LogP contribution in [-0.2, 0) is 0 Å². The summed E-state index contributed by atoms with van der Waals surface area (Å²) in [4.78, 5) is 20.1. The van der Waals surface area contributed by atoms with Gasteiger partial charge in [-0.25, -0.2) is 4.98 Å².